The molecule has 3 aliphatic heterocycles. The Balaban J connectivity index is 1.39. The van der Waals surface area contributed by atoms with Crippen molar-refractivity contribution in [2.24, 2.45) is 0 Å². The third-order valence-corrected chi connectivity index (χ3v) is 5.09. The van der Waals surface area contributed by atoms with Gasteiger partial charge >= 0.3 is 11.9 Å². The van der Waals surface area contributed by atoms with Gasteiger partial charge in [0.15, 0.2) is 30.2 Å². The van der Waals surface area contributed by atoms with Crippen molar-refractivity contribution >= 4 is 17.7 Å². The first-order chi connectivity index (χ1) is 14.1. The van der Waals surface area contributed by atoms with Gasteiger partial charge in [-0.05, 0) is 24.3 Å². The zero-order valence-electron chi connectivity index (χ0n) is 15.0. The second-order valence-corrected chi connectivity index (χ2v) is 6.88. The number of ketones is 1. The Hall–Kier alpha value is -3.07. The van der Waals surface area contributed by atoms with E-state index in [0.29, 0.717) is 11.1 Å². The van der Waals surface area contributed by atoms with Gasteiger partial charge < -0.3 is 23.7 Å². The Morgan fingerprint density at radius 1 is 0.690 bits per heavy atom. The second kappa shape index (κ2) is 7.07. The lowest BCUT2D eigenvalue weighted by Crippen LogP contribution is -2.74. The van der Waals surface area contributed by atoms with Crippen LogP contribution in [0.1, 0.15) is 20.7 Å². The maximum atomic E-state index is 12.7. The number of Topliss-reactive ketones (excluding diaryl/α,β-unsaturated/α-hetero) is 1. The van der Waals surface area contributed by atoms with E-state index in [9.17, 15) is 14.4 Å². The molecular weight excluding hydrogens is 380 g/mol. The molecule has 0 aromatic heterocycles. The van der Waals surface area contributed by atoms with E-state index in [0.717, 1.165) is 0 Å². The van der Waals surface area contributed by atoms with Crippen LogP contribution >= 0.6 is 0 Å². The van der Waals surface area contributed by atoms with Gasteiger partial charge in [-0.15, -0.1) is 0 Å². The van der Waals surface area contributed by atoms with Gasteiger partial charge in [0.25, 0.3) is 6.48 Å². The summed E-state index contributed by atoms with van der Waals surface area (Å²) in [7, 11) is 0. The third-order valence-electron chi connectivity index (χ3n) is 5.09. The Bertz CT molecular complexity index is 870. The fraction of sp³-hybridized carbons (Fsp3) is 0.286. The molecule has 4 bridgehead atoms. The van der Waals surface area contributed by atoms with Crippen molar-refractivity contribution in [3.63, 3.8) is 0 Å². The molecule has 6 rings (SSSR count). The minimum absolute atomic E-state index is 0.322. The highest BCUT2D eigenvalue weighted by atomic mass is 16.9. The number of carbonyl (C=O) groups is 3. The molecule has 0 radical (unpaired) electrons. The van der Waals surface area contributed by atoms with E-state index in [-0.39, 0.29) is 0 Å². The number of hydrogen-bond donors (Lipinski definition) is 0. The number of benzene rings is 2. The summed E-state index contributed by atoms with van der Waals surface area (Å²) in [4.78, 5) is 37.8. The minimum atomic E-state index is -1.06. The zero-order chi connectivity index (χ0) is 20.0. The van der Waals surface area contributed by atoms with Crippen LogP contribution in [-0.2, 0) is 28.5 Å². The summed E-state index contributed by atoms with van der Waals surface area (Å²) in [5.41, 5.74) is 0.644. The van der Waals surface area contributed by atoms with Gasteiger partial charge in [-0.3, -0.25) is 4.79 Å². The van der Waals surface area contributed by atoms with Crippen molar-refractivity contribution in [1.29, 1.82) is 0 Å². The Morgan fingerprint density at radius 3 is 1.59 bits per heavy atom. The van der Waals surface area contributed by atoms with E-state index in [4.69, 9.17) is 23.7 Å². The van der Waals surface area contributed by atoms with E-state index < -0.39 is 54.7 Å². The lowest BCUT2D eigenvalue weighted by atomic mass is 9.83. The van der Waals surface area contributed by atoms with Gasteiger partial charge in [0.2, 0.25) is 0 Å². The number of hydrogen-bond acceptors (Lipinski definition) is 8. The van der Waals surface area contributed by atoms with Crippen LogP contribution in [0, 0.1) is 0 Å². The van der Waals surface area contributed by atoms with Crippen LogP contribution in [0.5, 0.6) is 0 Å². The predicted molar refractivity (Wildman–Crippen MR) is 94.7 cm³/mol. The molecule has 2 aromatic rings. The highest BCUT2D eigenvalue weighted by Gasteiger charge is 2.64. The average Bonchev–Trinajstić information content (AvgIpc) is 2.76. The highest BCUT2D eigenvalue weighted by molar-refractivity contribution is 5.94. The van der Waals surface area contributed by atoms with Crippen LogP contribution in [0.25, 0.3) is 0 Å². The fourth-order valence-corrected chi connectivity index (χ4v) is 3.71. The SMILES string of the molecule is O=C(OC1C2OC3OC(C2=O)C(OC(=O)c2ccccc2)C1O3)c1ccccc1. The highest BCUT2D eigenvalue weighted by Crippen LogP contribution is 2.40. The first-order valence-corrected chi connectivity index (χ1v) is 9.14. The van der Waals surface area contributed by atoms with Crippen LogP contribution in [0.2, 0.25) is 0 Å². The van der Waals surface area contributed by atoms with Gasteiger partial charge in [-0.2, -0.15) is 0 Å². The van der Waals surface area contributed by atoms with E-state index in [2.05, 4.69) is 0 Å². The first-order valence-electron chi connectivity index (χ1n) is 9.14. The van der Waals surface area contributed by atoms with Crippen LogP contribution in [0.4, 0.5) is 0 Å². The summed E-state index contributed by atoms with van der Waals surface area (Å²) in [6, 6.07) is 16.7. The molecule has 4 fully saturated rings. The molecule has 29 heavy (non-hydrogen) atoms. The fourth-order valence-electron chi connectivity index (χ4n) is 3.71. The zero-order valence-corrected chi connectivity index (χ0v) is 15.0. The normalized spacial score (nSPS) is 32.1. The summed E-state index contributed by atoms with van der Waals surface area (Å²) >= 11 is 0. The van der Waals surface area contributed by atoms with Crippen molar-refractivity contribution in [3.8, 4) is 0 Å². The number of ether oxygens (including phenoxy) is 5. The molecule has 4 unspecified atom stereocenters. The molecular formula is C21H16O8. The van der Waals surface area contributed by atoms with Gasteiger partial charge in [0.1, 0.15) is 6.10 Å². The molecule has 3 saturated heterocycles. The first kappa shape index (κ1) is 18.0. The molecule has 4 aliphatic rings. The lowest BCUT2D eigenvalue weighted by Gasteiger charge is -2.53. The largest absolute Gasteiger partial charge is 0.453 e. The van der Waals surface area contributed by atoms with Gasteiger partial charge in [0.05, 0.1) is 11.1 Å². The van der Waals surface area contributed by atoms with Crippen LogP contribution < -0.4 is 0 Å². The maximum Gasteiger partial charge on any atom is 0.338 e. The lowest BCUT2D eigenvalue weighted by molar-refractivity contribution is -0.437. The maximum absolute atomic E-state index is 12.7. The van der Waals surface area contributed by atoms with Gasteiger partial charge in [-0.25, -0.2) is 9.59 Å². The van der Waals surface area contributed by atoms with E-state index >= 15 is 0 Å². The minimum Gasteiger partial charge on any atom is -0.453 e. The van der Waals surface area contributed by atoms with Gasteiger partial charge in [-0.1, -0.05) is 36.4 Å². The monoisotopic (exact) mass is 396 g/mol. The molecule has 0 spiro atoms. The smallest absolute Gasteiger partial charge is 0.338 e. The predicted octanol–water partition coefficient (Wildman–Crippen LogP) is 1.49. The number of esters is 2. The molecule has 3 heterocycles. The van der Waals surface area contributed by atoms with Crippen molar-refractivity contribution in [2.45, 2.75) is 37.0 Å². The third kappa shape index (κ3) is 3.11. The van der Waals surface area contributed by atoms with E-state index in [1.165, 1.54) is 0 Å². The molecule has 8 heteroatoms. The number of rotatable bonds is 4. The molecule has 0 amide bonds. The average molecular weight is 396 g/mol. The Kier molecular flexibility index (Phi) is 4.39. The molecule has 1 saturated carbocycles. The van der Waals surface area contributed by atoms with E-state index in [1.807, 2.05) is 0 Å². The molecule has 4 atom stereocenters. The summed E-state index contributed by atoms with van der Waals surface area (Å²) < 4.78 is 27.5. The summed E-state index contributed by atoms with van der Waals surface area (Å²) in [5.74, 6) is -1.70. The Labute approximate surface area is 165 Å². The van der Waals surface area contributed by atoms with Crippen LogP contribution in [0.3, 0.4) is 0 Å². The quantitative estimate of drug-likeness (QED) is 0.717. The van der Waals surface area contributed by atoms with Crippen molar-refractivity contribution in [1.82, 2.24) is 0 Å². The van der Waals surface area contributed by atoms with Crippen LogP contribution in [0.15, 0.2) is 60.7 Å². The molecule has 8 nitrogen and oxygen atoms in total. The van der Waals surface area contributed by atoms with Gasteiger partial charge in [0, 0.05) is 0 Å². The van der Waals surface area contributed by atoms with Crippen molar-refractivity contribution in [2.75, 3.05) is 0 Å². The summed E-state index contributed by atoms with van der Waals surface area (Å²) in [5, 5.41) is 0. The van der Waals surface area contributed by atoms with Crippen molar-refractivity contribution < 1.29 is 38.1 Å². The summed E-state index contributed by atoms with van der Waals surface area (Å²) in [6.07, 6.45) is -5.05. The van der Waals surface area contributed by atoms with Crippen molar-refractivity contribution in [3.05, 3.63) is 71.8 Å². The molecule has 0 N–H and O–H groups in total. The Morgan fingerprint density at radius 2 is 1.14 bits per heavy atom. The second-order valence-electron chi connectivity index (χ2n) is 6.88. The van der Waals surface area contributed by atoms with Crippen LogP contribution in [-0.4, -0.2) is 54.7 Å². The summed E-state index contributed by atoms with van der Waals surface area (Å²) in [6.45, 7) is -1.06. The molecule has 1 aliphatic carbocycles. The molecule has 2 aromatic carbocycles. The standard InChI is InChI=1S/C21H16O8/c22-13-14-16(25-19(23)11-7-3-1-4-8-11)18-17(15(13)28-21(27-14)29-18)26-20(24)12-9-5-2-6-10-12/h1-10,14-18,21H. The van der Waals surface area contributed by atoms with E-state index in [1.54, 1.807) is 60.7 Å². The topological polar surface area (TPSA) is 97.4 Å². The molecule has 148 valence electrons. The number of carbonyl (C=O) groups excluding carboxylic acids is 3.